The molecule has 1 aliphatic carbocycles. The summed E-state index contributed by atoms with van der Waals surface area (Å²) in [6.45, 7) is 2.27. The van der Waals surface area contributed by atoms with Gasteiger partial charge in [0.1, 0.15) is 15.9 Å². The van der Waals surface area contributed by atoms with Gasteiger partial charge in [-0.15, -0.1) is 0 Å². The molecule has 0 spiro atoms. The summed E-state index contributed by atoms with van der Waals surface area (Å²) in [5.41, 5.74) is 3.28. The Morgan fingerprint density at radius 3 is 2.31 bits per heavy atom. The van der Waals surface area contributed by atoms with Gasteiger partial charge in [0.25, 0.3) is 5.91 Å². The molecule has 1 unspecified atom stereocenters. The third-order valence-corrected chi connectivity index (χ3v) is 9.19. The van der Waals surface area contributed by atoms with Gasteiger partial charge in [0.2, 0.25) is 10.0 Å². The highest BCUT2D eigenvalue weighted by atomic mass is 32.2. The third-order valence-electron chi connectivity index (χ3n) is 7.52. The van der Waals surface area contributed by atoms with Crippen LogP contribution in [-0.2, 0) is 36.0 Å². The van der Waals surface area contributed by atoms with Gasteiger partial charge in [-0.2, -0.15) is 0 Å². The van der Waals surface area contributed by atoms with Gasteiger partial charge >= 0.3 is 5.97 Å². The molecule has 1 aliphatic rings. The van der Waals surface area contributed by atoms with Crippen molar-refractivity contribution in [2.45, 2.75) is 70.6 Å². The van der Waals surface area contributed by atoms with E-state index in [0.29, 0.717) is 11.5 Å². The van der Waals surface area contributed by atoms with Gasteiger partial charge in [0.15, 0.2) is 0 Å². The highest BCUT2D eigenvalue weighted by Gasteiger charge is 2.25. The fraction of sp³-hybridized carbons (Fsp3) is 0.533. The fourth-order valence-electron chi connectivity index (χ4n) is 5.27. The summed E-state index contributed by atoms with van der Waals surface area (Å²) in [5, 5.41) is 12.1. The second-order valence-corrected chi connectivity index (χ2v) is 15.4. The SMILES string of the molecule is Cc1ccccc1-c1cc(COC(CNS(C)(=O)=O)CC2CCCCC2)ccc1C(=O)N[C@@H](CCS(C)(=O)=O)C(=O)O. The van der Waals surface area contributed by atoms with E-state index in [0.717, 1.165) is 61.3 Å². The molecule has 2 aromatic carbocycles. The number of nitrogens with one attached hydrogen (secondary N) is 2. The first-order valence-electron chi connectivity index (χ1n) is 14.2. The summed E-state index contributed by atoms with van der Waals surface area (Å²) >= 11 is 0. The molecule has 0 aliphatic heterocycles. The highest BCUT2D eigenvalue weighted by Crippen LogP contribution is 2.30. The van der Waals surface area contributed by atoms with Crippen molar-refractivity contribution in [3.63, 3.8) is 0 Å². The van der Waals surface area contributed by atoms with Gasteiger partial charge < -0.3 is 15.2 Å². The number of sulfone groups is 1. The minimum Gasteiger partial charge on any atom is -0.480 e. The number of aliphatic carboxylic acids is 1. The average Bonchev–Trinajstić information content (AvgIpc) is 2.92. The first kappa shape index (κ1) is 33.7. The highest BCUT2D eigenvalue weighted by molar-refractivity contribution is 7.90. The number of benzene rings is 2. The number of aryl methyl sites for hydroxylation is 1. The quantitative estimate of drug-likeness (QED) is 0.272. The first-order valence-corrected chi connectivity index (χ1v) is 18.1. The topological polar surface area (TPSA) is 156 Å². The van der Waals surface area contributed by atoms with Gasteiger partial charge in [-0.1, -0.05) is 62.4 Å². The number of hydrogen-bond acceptors (Lipinski definition) is 7. The minimum atomic E-state index is -3.42. The molecule has 1 saturated carbocycles. The Bertz CT molecular complexity index is 1450. The fourth-order valence-corrected chi connectivity index (χ4v) is 6.42. The number of ether oxygens (including phenoxy) is 1. The number of carboxylic acid groups (broad SMARTS) is 1. The second-order valence-electron chi connectivity index (χ2n) is 11.3. The molecule has 1 fully saturated rings. The Kier molecular flexibility index (Phi) is 12.1. The maximum absolute atomic E-state index is 13.3. The van der Waals surface area contributed by atoms with E-state index < -0.39 is 37.8 Å². The lowest BCUT2D eigenvalue weighted by Crippen LogP contribution is -2.42. The van der Waals surface area contributed by atoms with Crippen molar-refractivity contribution in [3.05, 3.63) is 59.2 Å². The number of sulfonamides is 1. The monoisotopic (exact) mass is 622 g/mol. The lowest BCUT2D eigenvalue weighted by atomic mass is 9.85. The molecule has 0 heterocycles. The van der Waals surface area contributed by atoms with E-state index in [1.807, 2.05) is 37.3 Å². The molecule has 232 valence electrons. The van der Waals surface area contributed by atoms with Crippen LogP contribution in [0.2, 0.25) is 0 Å². The summed E-state index contributed by atoms with van der Waals surface area (Å²) in [4.78, 5) is 25.1. The maximum Gasteiger partial charge on any atom is 0.326 e. The van der Waals surface area contributed by atoms with E-state index in [1.165, 1.54) is 6.42 Å². The molecule has 2 atom stereocenters. The predicted octanol–water partition coefficient (Wildman–Crippen LogP) is 3.68. The number of carbonyl (C=O) groups excluding carboxylic acids is 1. The van der Waals surface area contributed by atoms with Gasteiger partial charge in [-0.05, 0) is 60.1 Å². The Morgan fingerprint density at radius 1 is 1.00 bits per heavy atom. The van der Waals surface area contributed by atoms with E-state index in [4.69, 9.17) is 4.74 Å². The smallest absolute Gasteiger partial charge is 0.326 e. The van der Waals surface area contributed by atoms with Crippen LogP contribution in [0.1, 0.15) is 66.4 Å². The molecule has 1 amide bonds. The van der Waals surface area contributed by atoms with Gasteiger partial charge in [-0.3, -0.25) is 4.79 Å². The molecule has 3 rings (SSSR count). The molecule has 0 saturated heterocycles. The van der Waals surface area contributed by atoms with E-state index in [1.54, 1.807) is 12.1 Å². The Hall–Kier alpha value is -2.80. The molecule has 0 bridgehead atoms. The van der Waals surface area contributed by atoms with Crippen molar-refractivity contribution >= 4 is 31.7 Å². The van der Waals surface area contributed by atoms with Crippen molar-refractivity contribution in [2.24, 2.45) is 5.92 Å². The van der Waals surface area contributed by atoms with Crippen molar-refractivity contribution in [3.8, 4) is 11.1 Å². The number of rotatable bonds is 15. The Balaban J connectivity index is 1.85. The normalized spacial score (nSPS) is 16.1. The van der Waals surface area contributed by atoms with Gasteiger partial charge in [-0.25, -0.2) is 26.4 Å². The second kappa shape index (κ2) is 15.1. The number of carbonyl (C=O) groups is 2. The molecule has 42 heavy (non-hydrogen) atoms. The first-order chi connectivity index (χ1) is 19.7. The minimum absolute atomic E-state index is 0.171. The average molecular weight is 623 g/mol. The largest absolute Gasteiger partial charge is 0.480 e. The van der Waals surface area contributed by atoms with E-state index >= 15 is 0 Å². The maximum atomic E-state index is 13.3. The van der Waals surface area contributed by atoms with Gasteiger partial charge in [0.05, 0.1) is 24.7 Å². The van der Waals surface area contributed by atoms with Crippen molar-refractivity contribution in [1.82, 2.24) is 10.0 Å². The van der Waals surface area contributed by atoms with Crippen LogP contribution < -0.4 is 10.0 Å². The molecular formula is C30H42N2O8S2. The molecule has 12 heteroatoms. The lowest BCUT2D eigenvalue weighted by Gasteiger charge is -2.27. The summed E-state index contributed by atoms with van der Waals surface area (Å²) in [7, 11) is -6.80. The summed E-state index contributed by atoms with van der Waals surface area (Å²) < 4.78 is 55.5. The predicted molar refractivity (Wildman–Crippen MR) is 162 cm³/mol. The zero-order chi connectivity index (χ0) is 30.9. The summed E-state index contributed by atoms with van der Waals surface area (Å²) in [6, 6.07) is 11.3. The Labute approximate surface area is 249 Å². The van der Waals surface area contributed by atoms with Crippen LogP contribution in [0.4, 0.5) is 0 Å². The van der Waals surface area contributed by atoms with Gasteiger partial charge in [0, 0.05) is 18.4 Å². The van der Waals surface area contributed by atoms with Crippen LogP contribution in [-0.4, -0.2) is 70.8 Å². The zero-order valence-electron chi connectivity index (χ0n) is 24.5. The molecule has 3 N–H and O–H groups in total. The van der Waals surface area contributed by atoms with Crippen LogP contribution >= 0.6 is 0 Å². The summed E-state index contributed by atoms with van der Waals surface area (Å²) in [6.07, 6.45) is 8.06. The number of carboxylic acids is 1. The van der Waals surface area contributed by atoms with Crippen LogP contribution in [0.5, 0.6) is 0 Å². The van der Waals surface area contributed by atoms with Crippen LogP contribution in [0, 0.1) is 12.8 Å². The standard InChI is InChI=1S/C30H42N2O8S2/c1-21-9-7-8-12-25(21)27-18-23(13-14-26(27)29(33)32-28(30(34)35)15-16-41(2,36)37)20-40-24(19-31-42(3,38)39)17-22-10-5-4-6-11-22/h7-9,12-14,18,22,24,28,31H,4-6,10-11,15-17,19-20H2,1-3H3,(H,32,33)(H,34,35)/t24?,28-/m0/s1. The van der Waals surface area contributed by atoms with Crippen LogP contribution in [0.15, 0.2) is 42.5 Å². The van der Waals surface area contributed by atoms with Crippen LogP contribution in [0.3, 0.4) is 0 Å². The van der Waals surface area contributed by atoms with Crippen molar-refractivity contribution < 1.29 is 36.3 Å². The van der Waals surface area contributed by atoms with Crippen molar-refractivity contribution in [1.29, 1.82) is 0 Å². The summed E-state index contributed by atoms with van der Waals surface area (Å²) in [5.74, 6) is -1.85. The number of amides is 1. The lowest BCUT2D eigenvalue weighted by molar-refractivity contribution is -0.139. The molecule has 0 aromatic heterocycles. The van der Waals surface area contributed by atoms with Crippen molar-refractivity contribution in [2.75, 3.05) is 24.8 Å². The molecule has 0 radical (unpaired) electrons. The van der Waals surface area contributed by atoms with E-state index in [-0.39, 0.29) is 37.0 Å². The molecular weight excluding hydrogens is 580 g/mol. The Morgan fingerprint density at radius 2 is 1.69 bits per heavy atom. The third kappa shape index (κ3) is 11.1. The number of hydrogen-bond donors (Lipinski definition) is 3. The van der Waals surface area contributed by atoms with Crippen LogP contribution in [0.25, 0.3) is 11.1 Å². The van der Waals surface area contributed by atoms with E-state index in [2.05, 4.69) is 10.0 Å². The van der Waals surface area contributed by atoms with E-state index in [9.17, 15) is 31.5 Å². The molecule has 10 nitrogen and oxygen atoms in total. The molecule has 2 aromatic rings. The zero-order valence-corrected chi connectivity index (χ0v) is 26.1.